The van der Waals surface area contributed by atoms with E-state index < -0.39 is 11.2 Å². The predicted octanol–water partition coefficient (Wildman–Crippen LogP) is 7.50. The molecule has 0 unspecified atom stereocenters. The number of hydrogen-bond acceptors (Lipinski definition) is 7. The number of carbonyl (C=O) groups excluding carboxylic acids is 1. The molecule has 1 amide bonds. The SMILES string of the molecule is CCCCOCCOc1ccc(-c2cnc3c(c2)C=C(C(=O)Nc2ccc([S@@+]([O-])Cc4cncn4CCC)cc2)CCN3CCC)cc1. The Morgan fingerprint density at radius 2 is 1.73 bits per heavy atom. The van der Waals surface area contributed by atoms with Crippen molar-refractivity contribution in [2.45, 2.75) is 70.1 Å². The van der Waals surface area contributed by atoms with Crippen molar-refractivity contribution in [3.05, 3.63) is 90.1 Å². The molecule has 0 saturated carbocycles. The molecule has 0 aliphatic carbocycles. The Morgan fingerprint density at radius 1 is 0.938 bits per heavy atom. The van der Waals surface area contributed by atoms with Crippen molar-refractivity contribution in [1.82, 2.24) is 14.5 Å². The lowest BCUT2D eigenvalue weighted by Gasteiger charge is -2.23. The van der Waals surface area contributed by atoms with Crippen LogP contribution in [0.3, 0.4) is 0 Å². The fourth-order valence-corrected chi connectivity index (χ4v) is 6.75. The van der Waals surface area contributed by atoms with Gasteiger partial charge in [-0.15, -0.1) is 0 Å². The maximum Gasteiger partial charge on any atom is 0.251 e. The fraction of sp³-hybridized carbons (Fsp3) is 0.395. The lowest BCUT2D eigenvalue weighted by atomic mass is 10.0. The summed E-state index contributed by atoms with van der Waals surface area (Å²) in [6.45, 7) is 10.7. The number of unbranched alkanes of at least 4 members (excludes halogenated alkanes) is 1. The van der Waals surface area contributed by atoms with Crippen LogP contribution >= 0.6 is 0 Å². The summed E-state index contributed by atoms with van der Waals surface area (Å²) >= 11 is -1.22. The molecule has 0 fully saturated rings. The first-order valence-electron chi connectivity index (χ1n) is 17.0. The fourth-order valence-electron chi connectivity index (χ4n) is 5.63. The lowest BCUT2D eigenvalue weighted by molar-refractivity contribution is -0.112. The Balaban J connectivity index is 1.26. The molecule has 254 valence electrons. The average molecular weight is 670 g/mol. The molecule has 48 heavy (non-hydrogen) atoms. The Labute approximate surface area is 287 Å². The normalized spacial score (nSPS) is 13.4. The molecule has 0 spiro atoms. The smallest absolute Gasteiger partial charge is 0.251 e. The van der Waals surface area contributed by atoms with Crippen LogP contribution in [0, 0.1) is 0 Å². The third-order valence-corrected chi connectivity index (χ3v) is 9.56. The van der Waals surface area contributed by atoms with Gasteiger partial charge in [-0.2, -0.15) is 0 Å². The van der Waals surface area contributed by atoms with E-state index in [0.717, 1.165) is 79.3 Å². The number of anilines is 2. The number of ether oxygens (including phenoxy) is 2. The van der Waals surface area contributed by atoms with Crippen LogP contribution in [0.15, 0.2) is 83.8 Å². The van der Waals surface area contributed by atoms with E-state index in [9.17, 15) is 9.35 Å². The van der Waals surface area contributed by atoms with Gasteiger partial charge in [0.05, 0.1) is 24.8 Å². The number of imidazole rings is 1. The van der Waals surface area contributed by atoms with Crippen molar-refractivity contribution in [3.8, 4) is 16.9 Å². The number of amides is 1. The van der Waals surface area contributed by atoms with E-state index in [2.05, 4.69) is 42.0 Å². The van der Waals surface area contributed by atoms with Crippen molar-refractivity contribution >= 4 is 34.7 Å². The first-order chi connectivity index (χ1) is 23.5. The van der Waals surface area contributed by atoms with Crippen LogP contribution in [0.25, 0.3) is 17.2 Å². The highest BCUT2D eigenvalue weighted by molar-refractivity contribution is 7.90. The lowest BCUT2D eigenvalue weighted by Crippen LogP contribution is -2.27. The zero-order valence-electron chi connectivity index (χ0n) is 28.3. The topological polar surface area (TPSA) is 105 Å². The van der Waals surface area contributed by atoms with Crippen molar-refractivity contribution in [1.29, 1.82) is 0 Å². The van der Waals surface area contributed by atoms with Crippen LogP contribution in [-0.4, -0.2) is 57.9 Å². The number of nitrogens with one attached hydrogen (secondary N) is 1. The maximum absolute atomic E-state index is 13.6. The highest BCUT2D eigenvalue weighted by atomic mass is 32.2. The zero-order chi connectivity index (χ0) is 33.7. The minimum atomic E-state index is -1.22. The van der Waals surface area contributed by atoms with Gasteiger partial charge in [0.25, 0.3) is 5.91 Å². The van der Waals surface area contributed by atoms with E-state index >= 15 is 0 Å². The van der Waals surface area contributed by atoms with E-state index in [1.54, 1.807) is 12.5 Å². The van der Waals surface area contributed by atoms with Crippen LogP contribution in [0.4, 0.5) is 11.5 Å². The van der Waals surface area contributed by atoms with Gasteiger partial charge in [-0.3, -0.25) is 4.79 Å². The standard InChI is InChI=1S/C38H47N5O4S/c1-4-7-20-46-21-22-47-35-12-8-29(9-13-35)32-24-31-23-30(16-19-42(17-5-2)37(31)40-25-32)38(44)41-33-10-14-36(15-11-33)48(45)27-34-26-39-28-43(34)18-6-3/h8-15,23-26,28H,4-7,16-22,27H2,1-3H3,(H,41,44)/t48-/m0/s1. The summed E-state index contributed by atoms with van der Waals surface area (Å²) in [4.78, 5) is 25.6. The Hall–Kier alpha value is -4.12. The number of fused-ring (bicyclic) bond motifs is 1. The van der Waals surface area contributed by atoms with Crippen LogP contribution in [0.5, 0.6) is 5.75 Å². The quantitative estimate of drug-likeness (QED) is 0.0917. The van der Waals surface area contributed by atoms with Crippen LogP contribution in [-0.2, 0) is 33.0 Å². The van der Waals surface area contributed by atoms with Crippen LogP contribution in [0.2, 0.25) is 0 Å². The van der Waals surface area contributed by atoms with Gasteiger partial charge in [0.2, 0.25) is 0 Å². The third kappa shape index (κ3) is 9.49. The molecule has 1 aliphatic rings. The molecule has 1 aliphatic heterocycles. The summed E-state index contributed by atoms with van der Waals surface area (Å²) in [5, 5.41) is 3.06. The van der Waals surface area contributed by atoms with E-state index in [1.165, 1.54) is 0 Å². The second-order valence-electron chi connectivity index (χ2n) is 11.9. The first-order valence-corrected chi connectivity index (χ1v) is 18.4. The molecular weight excluding hydrogens is 623 g/mol. The summed E-state index contributed by atoms with van der Waals surface area (Å²) in [5.41, 5.74) is 5.22. The third-order valence-electron chi connectivity index (χ3n) is 8.20. The minimum Gasteiger partial charge on any atom is -0.611 e. The molecule has 5 rings (SSSR count). The van der Waals surface area contributed by atoms with Gasteiger partial charge in [0.1, 0.15) is 18.2 Å². The summed E-state index contributed by atoms with van der Waals surface area (Å²) in [5.74, 6) is 1.93. The van der Waals surface area contributed by atoms with Gasteiger partial charge in [0.15, 0.2) is 10.6 Å². The highest BCUT2D eigenvalue weighted by Gasteiger charge is 2.22. The van der Waals surface area contributed by atoms with E-state index in [4.69, 9.17) is 14.5 Å². The Morgan fingerprint density at radius 3 is 2.48 bits per heavy atom. The molecule has 0 bridgehead atoms. The molecule has 4 aromatic rings. The number of benzene rings is 2. The van der Waals surface area contributed by atoms with Crippen molar-refractivity contribution in [2.75, 3.05) is 43.1 Å². The molecule has 0 saturated heterocycles. The zero-order valence-corrected chi connectivity index (χ0v) is 29.1. The summed E-state index contributed by atoms with van der Waals surface area (Å²) in [6, 6.07) is 17.4. The van der Waals surface area contributed by atoms with Crippen molar-refractivity contribution in [2.24, 2.45) is 0 Å². The molecule has 9 nitrogen and oxygen atoms in total. The number of pyridine rings is 1. The predicted molar refractivity (Wildman–Crippen MR) is 194 cm³/mol. The number of aryl methyl sites for hydroxylation is 1. The number of rotatable bonds is 17. The summed E-state index contributed by atoms with van der Waals surface area (Å²) < 4.78 is 26.6. The molecule has 0 radical (unpaired) electrons. The van der Waals surface area contributed by atoms with Crippen molar-refractivity contribution in [3.63, 3.8) is 0 Å². The largest absolute Gasteiger partial charge is 0.611 e. The number of hydrogen-bond donors (Lipinski definition) is 1. The summed E-state index contributed by atoms with van der Waals surface area (Å²) in [7, 11) is 0. The molecule has 1 N–H and O–H groups in total. The van der Waals surface area contributed by atoms with Crippen LogP contribution in [0.1, 0.15) is 64.1 Å². The van der Waals surface area contributed by atoms with Crippen molar-refractivity contribution < 1.29 is 18.8 Å². The monoisotopic (exact) mass is 669 g/mol. The molecular formula is C38H47N5O4S. The van der Waals surface area contributed by atoms with E-state index in [-0.39, 0.29) is 5.91 Å². The van der Waals surface area contributed by atoms with Gasteiger partial charge in [0, 0.05) is 54.8 Å². The Kier molecular flexibility index (Phi) is 13.1. The molecule has 2 aromatic carbocycles. The average Bonchev–Trinajstić information content (AvgIpc) is 3.45. The van der Waals surface area contributed by atoms with Gasteiger partial charge < -0.3 is 28.8 Å². The molecule has 10 heteroatoms. The molecule has 2 aromatic heterocycles. The van der Waals surface area contributed by atoms with Gasteiger partial charge >= 0.3 is 0 Å². The summed E-state index contributed by atoms with van der Waals surface area (Å²) in [6.07, 6.45) is 12.2. The number of aromatic nitrogens is 3. The number of nitrogens with zero attached hydrogens (tertiary/aromatic N) is 4. The maximum atomic E-state index is 13.6. The van der Waals surface area contributed by atoms with Gasteiger partial charge in [-0.25, -0.2) is 9.97 Å². The van der Waals surface area contributed by atoms with E-state index in [1.807, 2.05) is 65.4 Å². The van der Waals surface area contributed by atoms with Gasteiger partial charge in [-0.05, 0) is 91.0 Å². The molecule has 1 atom stereocenters. The second kappa shape index (κ2) is 17.9. The van der Waals surface area contributed by atoms with E-state index in [0.29, 0.717) is 48.1 Å². The second-order valence-corrected chi connectivity index (χ2v) is 13.4. The first kappa shape index (κ1) is 35.2. The highest BCUT2D eigenvalue weighted by Crippen LogP contribution is 2.31. The minimum absolute atomic E-state index is 0.151. The Bertz CT molecular complexity index is 1640. The molecule has 3 heterocycles. The van der Waals surface area contributed by atoms with Gasteiger partial charge in [-0.1, -0.05) is 39.3 Å². The number of carbonyl (C=O) groups is 1. The van der Waals surface area contributed by atoms with Crippen LogP contribution < -0.4 is 15.0 Å².